The Kier molecular flexibility index (Phi) is 3.08. The second-order valence-electron chi connectivity index (χ2n) is 1.98. The summed E-state index contributed by atoms with van der Waals surface area (Å²) in [6, 6.07) is 0. The summed E-state index contributed by atoms with van der Waals surface area (Å²) in [5, 5.41) is 0. The van der Waals surface area contributed by atoms with Crippen LogP contribution < -0.4 is 0 Å². The van der Waals surface area contributed by atoms with E-state index in [0.717, 1.165) is 11.9 Å². The first kappa shape index (κ1) is 7.34. The molecule has 0 aliphatic carbocycles. The summed E-state index contributed by atoms with van der Waals surface area (Å²) in [6.45, 7) is 7.34. The van der Waals surface area contributed by atoms with Crippen molar-refractivity contribution in [2.75, 3.05) is 0 Å². The molecule has 0 aromatic rings. The van der Waals surface area contributed by atoms with Crippen molar-refractivity contribution in [2.24, 2.45) is 0 Å². The van der Waals surface area contributed by atoms with Gasteiger partial charge in [0, 0.05) is 0 Å². The maximum atomic E-state index is 4.68. The molecule has 0 aliphatic heterocycles. The van der Waals surface area contributed by atoms with E-state index in [4.69, 9.17) is 0 Å². The van der Waals surface area contributed by atoms with Crippen LogP contribution in [-0.2, 0) is 9.46 Å². The van der Waals surface area contributed by atoms with Gasteiger partial charge in [0.05, 0.1) is 23.3 Å². The average molecular weight is 116 g/mol. The first-order valence-electron chi connectivity index (χ1n) is 2.57. The Morgan fingerprint density at radius 1 is 1.38 bits per heavy atom. The van der Waals surface area contributed by atoms with Crippen molar-refractivity contribution in [2.45, 2.75) is 27.7 Å². The van der Waals surface area contributed by atoms with E-state index in [-0.39, 0.29) is 0 Å². The van der Waals surface area contributed by atoms with Crippen LogP contribution in [0.4, 0.5) is 0 Å². The highest BCUT2D eigenvalue weighted by molar-refractivity contribution is 5.72. The van der Waals surface area contributed by atoms with E-state index in [0.29, 0.717) is 0 Å². The molecular formula is C6H12O2+2. The van der Waals surface area contributed by atoms with Gasteiger partial charge >= 0.3 is 11.9 Å². The van der Waals surface area contributed by atoms with Crippen molar-refractivity contribution >= 4 is 5.78 Å². The predicted octanol–water partition coefficient (Wildman–Crippen LogP) is 1.63. The van der Waals surface area contributed by atoms with Crippen LogP contribution >= 0.6 is 0 Å². The van der Waals surface area contributed by atoms with Gasteiger partial charge in [-0.2, -0.15) is 0 Å². The van der Waals surface area contributed by atoms with Crippen molar-refractivity contribution in [3.8, 4) is 0 Å². The summed E-state index contributed by atoms with van der Waals surface area (Å²) in [4.78, 5) is 4.68. The first-order chi connectivity index (χ1) is 3.63. The highest BCUT2D eigenvalue weighted by Gasteiger charge is 2.14. The molecule has 0 rings (SSSR count). The van der Waals surface area contributed by atoms with Gasteiger partial charge in [-0.15, -0.1) is 0 Å². The molecule has 0 atom stereocenters. The van der Waals surface area contributed by atoms with Crippen molar-refractivity contribution in [3.63, 3.8) is 0 Å². The quantitative estimate of drug-likeness (QED) is 0.232. The number of ketones is 1. The van der Waals surface area contributed by atoms with Crippen molar-refractivity contribution in [1.82, 2.24) is 0 Å². The number of rotatable bonds is 2. The molecule has 8 heavy (non-hydrogen) atoms. The van der Waals surface area contributed by atoms with E-state index in [1.54, 1.807) is 0 Å². The van der Waals surface area contributed by atoms with E-state index in [2.05, 4.69) is 9.46 Å². The molecule has 2 nitrogen and oxygen atoms in total. The van der Waals surface area contributed by atoms with Gasteiger partial charge in [-0.3, -0.25) is 0 Å². The normalized spacial score (nSPS) is 8.00. The minimum absolute atomic E-state index is 0.811. The fourth-order valence-corrected chi connectivity index (χ4v) is 0.167. The topological polar surface area (TPSA) is 20.5 Å². The van der Waals surface area contributed by atoms with Gasteiger partial charge in [0.2, 0.25) is 0 Å². The van der Waals surface area contributed by atoms with E-state index in [1.807, 2.05) is 27.7 Å². The van der Waals surface area contributed by atoms with Gasteiger partial charge in [-0.25, -0.2) is 0 Å². The molecule has 0 aromatic carbocycles. The molecule has 0 unspecified atom stereocenters. The Hall–Kier alpha value is -0.660. The summed E-state index contributed by atoms with van der Waals surface area (Å²) in [7, 11) is 0. The number of carbonyl (C=O) groups excluding carboxylic acids is 1. The molecule has 0 amide bonds. The standard InChI is InChI=1S/C6H12O2/c1-5(2)7-8-6(3)4/h1-4H3/q+2. The van der Waals surface area contributed by atoms with Crippen LogP contribution in [-0.4, -0.2) is 5.78 Å². The third-order valence-electron chi connectivity index (χ3n) is 0.375. The smallest absolute Gasteiger partial charge is 0.0557 e. The molecule has 0 heterocycles. The van der Waals surface area contributed by atoms with Crippen molar-refractivity contribution in [3.05, 3.63) is 6.10 Å². The van der Waals surface area contributed by atoms with Crippen LogP contribution in [0.25, 0.3) is 0 Å². The van der Waals surface area contributed by atoms with Crippen molar-refractivity contribution in [1.29, 1.82) is 0 Å². The monoisotopic (exact) mass is 116 g/mol. The Bertz CT molecular complexity index is 80.5. The summed E-state index contributed by atoms with van der Waals surface area (Å²) in [6.07, 6.45) is 0.811. The van der Waals surface area contributed by atoms with Gasteiger partial charge in [0.25, 0.3) is 0 Å². The van der Waals surface area contributed by atoms with Crippen molar-refractivity contribution < 1.29 is 9.46 Å². The second-order valence-corrected chi connectivity index (χ2v) is 1.98. The highest BCUT2D eigenvalue weighted by atomic mass is 17.2. The molecule has 0 spiro atoms. The molecule has 0 aromatic heterocycles. The van der Waals surface area contributed by atoms with Gasteiger partial charge in [0.15, 0.2) is 0 Å². The molecular weight excluding hydrogens is 104 g/mol. The molecule has 0 radical (unpaired) electrons. The Morgan fingerprint density at radius 3 is 2.00 bits per heavy atom. The fraction of sp³-hybridized carbons (Fsp3) is 0.667. The Morgan fingerprint density at radius 2 is 1.88 bits per heavy atom. The van der Waals surface area contributed by atoms with Crippen LogP contribution in [0, 0.1) is 6.10 Å². The third-order valence-corrected chi connectivity index (χ3v) is 0.375. The number of hydrogen-bond acceptors (Lipinski definition) is 1. The minimum atomic E-state index is 0.811. The second kappa shape index (κ2) is 3.36. The van der Waals surface area contributed by atoms with Crippen LogP contribution in [0.5, 0.6) is 0 Å². The Labute approximate surface area is 50.1 Å². The SMILES string of the molecule is CC(C)=[O+]O[C+](C)C. The van der Waals surface area contributed by atoms with Gasteiger partial charge in [-0.1, -0.05) is 0 Å². The summed E-state index contributed by atoms with van der Waals surface area (Å²) in [5.41, 5.74) is 0. The van der Waals surface area contributed by atoms with Gasteiger partial charge < -0.3 is 0 Å². The van der Waals surface area contributed by atoms with Crippen LogP contribution in [0.3, 0.4) is 0 Å². The molecule has 0 saturated carbocycles. The van der Waals surface area contributed by atoms with E-state index in [9.17, 15) is 0 Å². The zero-order chi connectivity index (χ0) is 6.57. The van der Waals surface area contributed by atoms with E-state index < -0.39 is 0 Å². The maximum absolute atomic E-state index is 4.68. The largest absolute Gasteiger partial charge is 0.394 e. The third kappa shape index (κ3) is 5.34. The fourth-order valence-electron chi connectivity index (χ4n) is 0.167. The number of hydrogen-bond donors (Lipinski definition) is 0. The van der Waals surface area contributed by atoms with Crippen LogP contribution in [0.2, 0.25) is 0 Å². The summed E-state index contributed by atoms with van der Waals surface area (Å²) < 4.78 is 4.68. The minimum Gasteiger partial charge on any atom is 0.0557 e. The lowest BCUT2D eigenvalue weighted by molar-refractivity contribution is -0.748. The zero-order valence-corrected chi connectivity index (χ0v) is 5.82. The molecule has 0 N–H and O–H groups in total. The van der Waals surface area contributed by atoms with Gasteiger partial charge in [0.1, 0.15) is 13.8 Å². The lowest BCUT2D eigenvalue weighted by atomic mass is 10.5. The predicted molar refractivity (Wildman–Crippen MR) is 32.0 cm³/mol. The summed E-state index contributed by atoms with van der Waals surface area (Å²) in [5.74, 6) is 0.811. The first-order valence-corrected chi connectivity index (χ1v) is 2.57. The van der Waals surface area contributed by atoms with E-state index in [1.165, 1.54) is 0 Å². The lowest BCUT2D eigenvalue weighted by Gasteiger charge is -1.71. The van der Waals surface area contributed by atoms with Crippen LogP contribution in [0.15, 0.2) is 0 Å². The highest BCUT2D eigenvalue weighted by Crippen LogP contribution is 1.93. The molecule has 0 fully saturated rings. The zero-order valence-electron chi connectivity index (χ0n) is 5.82. The van der Waals surface area contributed by atoms with E-state index >= 15 is 0 Å². The molecule has 46 valence electrons. The Balaban J connectivity index is 3.29. The van der Waals surface area contributed by atoms with Crippen LogP contribution in [0.1, 0.15) is 27.7 Å². The van der Waals surface area contributed by atoms with Gasteiger partial charge in [-0.05, 0) is 0 Å². The lowest BCUT2D eigenvalue weighted by Crippen LogP contribution is -1.94. The molecule has 0 saturated heterocycles. The summed E-state index contributed by atoms with van der Waals surface area (Å²) >= 11 is 0. The maximum Gasteiger partial charge on any atom is 0.394 e. The molecule has 0 aliphatic rings. The molecule has 2 heteroatoms. The average Bonchev–Trinajstić information content (AvgIpc) is 1.61. The molecule has 0 bridgehead atoms.